The van der Waals surface area contributed by atoms with Crippen molar-refractivity contribution in [3.8, 4) is 0 Å². The molecule has 0 aliphatic heterocycles. The number of rotatable bonds is 5. The maximum atomic E-state index is 6.03. The van der Waals surface area contributed by atoms with E-state index in [1.165, 1.54) is 11.1 Å². The highest BCUT2D eigenvalue weighted by molar-refractivity contribution is 5.44. The molecule has 0 aromatic rings. The molecule has 122 valence electrons. The first kappa shape index (κ1) is 17.3. The molecular formula is C21H28N2. The van der Waals surface area contributed by atoms with Gasteiger partial charge in [-0.05, 0) is 42.1 Å². The Bertz CT molecular complexity index is 626. The van der Waals surface area contributed by atoms with Gasteiger partial charge in [0, 0.05) is 24.1 Å². The van der Waals surface area contributed by atoms with Crippen molar-refractivity contribution < 1.29 is 0 Å². The van der Waals surface area contributed by atoms with Crippen LogP contribution in [0.5, 0.6) is 0 Å². The smallest absolute Gasteiger partial charge is 0.0288 e. The summed E-state index contributed by atoms with van der Waals surface area (Å²) in [6.07, 6.45) is 20.9. The Hall–Kier alpha value is -2.06. The predicted octanol–water partition coefficient (Wildman–Crippen LogP) is 4.31. The molecule has 2 aliphatic rings. The number of allylic oxidation sites excluding steroid dienone is 10. The molecule has 0 saturated heterocycles. The van der Waals surface area contributed by atoms with Gasteiger partial charge in [0.2, 0.25) is 0 Å². The zero-order valence-electron chi connectivity index (χ0n) is 14.2. The summed E-state index contributed by atoms with van der Waals surface area (Å²) in [6.45, 7) is 8.51. The Morgan fingerprint density at radius 2 is 2.17 bits per heavy atom. The Labute approximate surface area is 140 Å². The lowest BCUT2D eigenvalue weighted by atomic mass is 9.85. The lowest BCUT2D eigenvalue weighted by Gasteiger charge is -2.22. The minimum absolute atomic E-state index is 0.110. The molecule has 23 heavy (non-hydrogen) atoms. The molecule has 4 N–H and O–H groups in total. The second-order valence-corrected chi connectivity index (χ2v) is 6.37. The van der Waals surface area contributed by atoms with Crippen molar-refractivity contribution in [1.82, 2.24) is 0 Å². The fourth-order valence-electron chi connectivity index (χ4n) is 2.89. The average molecular weight is 308 g/mol. The summed E-state index contributed by atoms with van der Waals surface area (Å²) in [5.74, 6) is 0.665. The monoisotopic (exact) mass is 308 g/mol. The summed E-state index contributed by atoms with van der Waals surface area (Å²) in [5, 5.41) is 0. The molecule has 3 unspecified atom stereocenters. The van der Waals surface area contributed by atoms with Gasteiger partial charge in [-0.15, -0.1) is 0 Å². The van der Waals surface area contributed by atoms with E-state index >= 15 is 0 Å². The normalized spacial score (nSPS) is 25.6. The Balaban J connectivity index is 2.16. The first-order chi connectivity index (χ1) is 11.0. The Morgan fingerprint density at radius 1 is 1.39 bits per heavy atom. The number of hydrogen-bond donors (Lipinski definition) is 2. The average Bonchev–Trinajstić information content (AvgIpc) is 2.74. The molecule has 0 radical (unpaired) electrons. The number of hydrogen-bond acceptors (Lipinski definition) is 2. The van der Waals surface area contributed by atoms with Crippen LogP contribution < -0.4 is 11.5 Å². The van der Waals surface area contributed by atoms with Crippen molar-refractivity contribution >= 4 is 0 Å². The third kappa shape index (κ3) is 4.70. The predicted molar refractivity (Wildman–Crippen MR) is 101 cm³/mol. The molecule has 0 amide bonds. The molecule has 2 nitrogen and oxygen atoms in total. The van der Waals surface area contributed by atoms with E-state index in [1.807, 2.05) is 6.08 Å². The van der Waals surface area contributed by atoms with E-state index in [1.54, 1.807) is 0 Å². The van der Waals surface area contributed by atoms with Crippen LogP contribution in [0.15, 0.2) is 83.7 Å². The molecule has 3 atom stereocenters. The zero-order chi connectivity index (χ0) is 16.8. The van der Waals surface area contributed by atoms with Gasteiger partial charge in [-0.25, -0.2) is 0 Å². The highest BCUT2D eigenvalue weighted by Crippen LogP contribution is 2.30. The quantitative estimate of drug-likeness (QED) is 0.743. The van der Waals surface area contributed by atoms with Gasteiger partial charge < -0.3 is 11.5 Å². The Kier molecular flexibility index (Phi) is 6.00. The van der Waals surface area contributed by atoms with Crippen molar-refractivity contribution in [3.05, 3.63) is 83.7 Å². The summed E-state index contributed by atoms with van der Waals surface area (Å²) in [4.78, 5) is 0. The maximum Gasteiger partial charge on any atom is 0.0288 e. The minimum atomic E-state index is 0.110. The lowest BCUT2D eigenvalue weighted by Crippen LogP contribution is -2.26. The van der Waals surface area contributed by atoms with Crippen molar-refractivity contribution in [2.24, 2.45) is 23.3 Å². The van der Waals surface area contributed by atoms with E-state index in [0.29, 0.717) is 11.8 Å². The molecule has 0 aromatic heterocycles. The highest BCUT2D eigenvalue weighted by atomic mass is 14.6. The van der Waals surface area contributed by atoms with Crippen LogP contribution in [0.25, 0.3) is 0 Å². The number of nitrogens with two attached hydrogens (primary N) is 2. The zero-order valence-corrected chi connectivity index (χ0v) is 14.2. The van der Waals surface area contributed by atoms with E-state index < -0.39 is 0 Å². The van der Waals surface area contributed by atoms with Crippen molar-refractivity contribution in [2.45, 2.75) is 32.7 Å². The molecule has 0 spiro atoms. The standard InChI is InChI=1S/C21H28N2/c1-4-6-19(17-7-5-8-20(22)11-9-17)13-15(2)18-10-12-21(23)16(3)14-18/h4-7,9-12,14,16,19,21H,2,8,13,22-23H2,1,3H3/b6-4-. The largest absolute Gasteiger partial charge is 0.402 e. The van der Waals surface area contributed by atoms with Gasteiger partial charge >= 0.3 is 0 Å². The summed E-state index contributed by atoms with van der Waals surface area (Å²) < 4.78 is 0. The maximum absolute atomic E-state index is 6.03. The van der Waals surface area contributed by atoms with E-state index in [-0.39, 0.29) is 6.04 Å². The fourth-order valence-corrected chi connectivity index (χ4v) is 2.89. The van der Waals surface area contributed by atoms with Crippen LogP contribution in [-0.2, 0) is 0 Å². The van der Waals surface area contributed by atoms with Crippen LogP contribution in [0, 0.1) is 11.8 Å². The molecule has 0 aromatic carbocycles. The van der Waals surface area contributed by atoms with Crippen LogP contribution in [-0.4, -0.2) is 6.04 Å². The van der Waals surface area contributed by atoms with Crippen LogP contribution >= 0.6 is 0 Å². The molecule has 2 aliphatic carbocycles. The second-order valence-electron chi connectivity index (χ2n) is 6.37. The van der Waals surface area contributed by atoms with Gasteiger partial charge in [-0.3, -0.25) is 0 Å². The first-order valence-corrected chi connectivity index (χ1v) is 8.30. The van der Waals surface area contributed by atoms with E-state index in [9.17, 15) is 0 Å². The van der Waals surface area contributed by atoms with Crippen LogP contribution in [0.1, 0.15) is 26.7 Å². The molecular weight excluding hydrogens is 280 g/mol. The molecule has 0 bridgehead atoms. The summed E-state index contributed by atoms with van der Waals surface area (Å²) in [5.41, 5.74) is 16.5. The summed E-state index contributed by atoms with van der Waals surface area (Å²) in [7, 11) is 0. The van der Waals surface area contributed by atoms with Gasteiger partial charge in [0.1, 0.15) is 0 Å². The molecule has 0 fully saturated rings. The topological polar surface area (TPSA) is 52.0 Å². The molecule has 2 rings (SSSR count). The fraction of sp³-hybridized carbons (Fsp3) is 0.333. The highest BCUT2D eigenvalue weighted by Gasteiger charge is 2.17. The summed E-state index contributed by atoms with van der Waals surface area (Å²) >= 11 is 0. The lowest BCUT2D eigenvalue weighted by molar-refractivity contribution is 0.619. The van der Waals surface area contributed by atoms with Gasteiger partial charge in [-0.1, -0.05) is 62.1 Å². The van der Waals surface area contributed by atoms with Crippen LogP contribution in [0.3, 0.4) is 0 Å². The molecule has 2 heteroatoms. The second kappa shape index (κ2) is 7.98. The third-order valence-corrected chi connectivity index (χ3v) is 4.43. The van der Waals surface area contributed by atoms with Crippen LogP contribution in [0.4, 0.5) is 0 Å². The van der Waals surface area contributed by atoms with E-state index in [4.69, 9.17) is 11.5 Å². The van der Waals surface area contributed by atoms with Crippen molar-refractivity contribution in [3.63, 3.8) is 0 Å². The summed E-state index contributed by atoms with van der Waals surface area (Å²) in [6, 6.07) is 0.110. The molecule has 0 saturated carbocycles. The first-order valence-electron chi connectivity index (χ1n) is 8.30. The Morgan fingerprint density at radius 3 is 2.87 bits per heavy atom. The van der Waals surface area contributed by atoms with Gasteiger partial charge in [0.15, 0.2) is 0 Å². The van der Waals surface area contributed by atoms with E-state index in [0.717, 1.165) is 24.1 Å². The van der Waals surface area contributed by atoms with Crippen molar-refractivity contribution in [1.29, 1.82) is 0 Å². The van der Waals surface area contributed by atoms with Gasteiger partial charge in [0.25, 0.3) is 0 Å². The SMILES string of the molecule is C=C(CC(/C=C\C)C1=CC=C(N)CC=C1)C1=CC(C)C(N)C=C1. The van der Waals surface area contributed by atoms with Crippen LogP contribution in [0.2, 0.25) is 0 Å². The molecule has 0 heterocycles. The van der Waals surface area contributed by atoms with Crippen molar-refractivity contribution in [2.75, 3.05) is 0 Å². The minimum Gasteiger partial charge on any atom is -0.402 e. The van der Waals surface area contributed by atoms with Gasteiger partial charge in [0.05, 0.1) is 0 Å². The van der Waals surface area contributed by atoms with E-state index in [2.05, 4.69) is 69.0 Å². The third-order valence-electron chi connectivity index (χ3n) is 4.43. The van der Waals surface area contributed by atoms with Gasteiger partial charge in [-0.2, -0.15) is 0 Å².